The molecule has 1 unspecified atom stereocenters. The van der Waals surface area contributed by atoms with E-state index >= 15 is 0 Å². The Kier molecular flexibility index (Phi) is 10.7. The molecule has 0 spiro atoms. The summed E-state index contributed by atoms with van der Waals surface area (Å²) in [5.74, 6) is -0.302. The van der Waals surface area contributed by atoms with Gasteiger partial charge in [0.1, 0.15) is 0 Å². The van der Waals surface area contributed by atoms with Crippen molar-refractivity contribution in [3.8, 4) is 0 Å². The van der Waals surface area contributed by atoms with Crippen LogP contribution < -0.4 is 0 Å². The summed E-state index contributed by atoms with van der Waals surface area (Å²) in [7, 11) is -4.64. The summed E-state index contributed by atoms with van der Waals surface area (Å²) in [5.41, 5.74) is 0. The second-order valence-electron chi connectivity index (χ2n) is 4.00. The van der Waals surface area contributed by atoms with Crippen LogP contribution in [0.5, 0.6) is 0 Å². The molecule has 0 heterocycles. The molecule has 0 bridgehead atoms. The molecule has 0 radical (unpaired) electrons. The molecule has 0 saturated carbocycles. The Morgan fingerprint density at radius 2 is 1.94 bits per heavy atom. The molecule has 6 nitrogen and oxygen atoms in total. The van der Waals surface area contributed by atoms with E-state index in [0.717, 1.165) is 47.2 Å². The van der Waals surface area contributed by atoms with Gasteiger partial charge < -0.3 is 14.7 Å². The first kappa shape index (κ1) is 19.7. The van der Waals surface area contributed by atoms with E-state index in [4.69, 9.17) is 24.0 Å². The number of carbonyl (C=O) groups excluding carboxylic acids is 1. The van der Waals surface area contributed by atoms with Gasteiger partial charge in [-0.15, -0.1) is 0 Å². The average Bonchev–Trinajstić information content (AvgIpc) is 2.11. The normalized spacial score (nSPS) is 14.1. The Bertz CT molecular complexity index is 277. The predicted octanol–water partition coefficient (Wildman–Crippen LogP) is 0.862. The van der Waals surface area contributed by atoms with Gasteiger partial charge in [-0.1, -0.05) is 0 Å². The minimum Gasteiger partial charge on any atom is -0.303 e. The number of unbranched alkanes of at least 4 members (excludes halogenated alkanes) is 1. The number of hydrogen-bond donors (Lipinski definition) is 3. The molecule has 8 heteroatoms. The van der Waals surface area contributed by atoms with Gasteiger partial charge >= 0.3 is 99.9 Å². The van der Waals surface area contributed by atoms with Gasteiger partial charge in [0.25, 0.3) is 0 Å². The Labute approximate surface area is 119 Å². The van der Waals surface area contributed by atoms with Gasteiger partial charge in [-0.05, 0) is 0 Å². The number of hydrogen-bond acceptors (Lipinski definition) is 3. The molecule has 3 N–H and O–H groups in total. The molecule has 0 aliphatic rings. The van der Waals surface area contributed by atoms with Gasteiger partial charge in [-0.25, -0.2) is 4.57 Å². The third kappa shape index (κ3) is 22.0. The van der Waals surface area contributed by atoms with Gasteiger partial charge in [0.2, 0.25) is 0 Å². The Hall–Kier alpha value is 0.320. The van der Waals surface area contributed by atoms with Crippen LogP contribution in [-0.4, -0.2) is 51.4 Å². The van der Waals surface area contributed by atoms with Gasteiger partial charge in [-0.2, -0.15) is 0 Å². The van der Waals surface area contributed by atoms with E-state index in [2.05, 4.69) is 13.5 Å². The number of esters is 1. The number of rotatable bonds is 5. The Morgan fingerprint density at radius 3 is 2.24 bits per heavy atom. The van der Waals surface area contributed by atoms with Crippen LogP contribution >= 0.6 is 7.82 Å². The maximum atomic E-state index is 10.9. The van der Waals surface area contributed by atoms with E-state index in [1.807, 2.05) is 6.92 Å². The van der Waals surface area contributed by atoms with Crippen LogP contribution in [-0.2, 0) is 14.1 Å². The number of ether oxygens (including phenoxy) is 1. The van der Waals surface area contributed by atoms with Crippen LogP contribution in [0.15, 0.2) is 12.7 Å². The summed E-state index contributed by atoms with van der Waals surface area (Å²) in [5, 5.41) is 0. The molecule has 0 fully saturated rings. The topological polar surface area (TPSA) is 104 Å². The van der Waals surface area contributed by atoms with Crippen LogP contribution in [0.2, 0.25) is 0 Å². The van der Waals surface area contributed by atoms with E-state index < -0.39 is 7.82 Å². The van der Waals surface area contributed by atoms with Crippen molar-refractivity contribution < 1.29 is 28.8 Å². The molecule has 0 aliphatic heterocycles. The van der Waals surface area contributed by atoms with Crippen molar-refractivity contribution in [1.29, 1.82) is 0 Å². The second-order valence-corrected chi connectivity index (χ2v) is 7.14. The largest absolute Gasteiger partial charge is 0.466 e. The zero-order chi connectivity index (χ0) is 14.1. The standard InChI is InChI=1S/C9H15O2.Na.H3O4P/c1-4-6-7-8(3)11-9(10)5-2;;1-5(2,3)4/h5H,2,4,6-7H2,1,3H3;;(H3,1,2,3,4). The molecule has 96 valence electrons. The summed E-state index contributed by atoms with van der Waals surface area (Å²) in [6.45, 7) is 7.48. The van der Waals surface area contributed by atoms with Crippen molar-refractivity contribution in [3.05, 3.63) is 12.7 Å². The first-order chi connectivity index (χ1) is 7.52. The SMILES string of the molecule is C=CC(=O)O[C](C)([Na])CCCC.O=P(O)(O)O. The van der Waals surface area contributed by atoms with E-state index in [9.17, 15) is 4.79 Å². The Morgan fingerprint density at radius 1 is 1.53 bits per heavy atom. The van der Waals surface area contributed by atoms with Gasteiger partial charge in [0.15, 0.2) is 0 Å². The van der Waals surface area contributed by atoms with Crippen molar-refractivity contribution >= 4 is 41.7 Å². The fourth-order valence-corrected chi connectivity index (χ4v) is 1.52. The van der Waals surface area contributed by atoms with Crippen LogP contribution in [0.3, 0.4) is 0 Å². The van der Waals surface area contributed by atoms with Gasteiger partial charge in [0.05, 0.1) is 0 Å². The molecular weight excluding hydrogens is 258 g/mol. The van der Waals surface area contributed by atoms with Crippen LogP contribution in [0.4, 0.5) is 0 Å². The predicted molar refractivity (Wildman–Crippen MR) is 64.2 cm³/mol. The summed E-state index contributed by atoms with van der Waals surface area (Å²) < 4.78 is 13.9. The molecule has 0 aliphatic carbocycles. The zero-order valence-electron chi connectivity index (χ0n) is 10.4. The van der Waals surface area contributed by atoms with Gasteiger partial charge in [-0.3, -0.25) is 0 Å². The summed E-state index contributed by atoms with van der Waals surface area (Å²) in [6.07, 6.45) is 4.45. The smallest absolute Gasteiger partial charge is 0.303 e. The maximum absolute atomic E-state index is 10.9. The van der Waals surface area contributed by atoms with Crippen LogP contribution in [0.1, 0.15) is 33.1 Å². The molecule has 17 heavy (non-hydrogen) atoms. The molecule has 0 aromatic carbocycles. The van der Waals surface area contributed by atoms with Crippen molar-refractivity contribution in [2.45, 2.75) is 36.0 Å². The van der Waals surface area contributed by atoms with Crippen LogP contribution in [0, 0.1) is 0 Å². The van der Waals surface area contributed by atoms with E-state index in [0.29, 0.717) is 0 Å². The second kappa shape index (κ2) is 9.28. The molecule has 0 saturated heterocycles. The fraction of sp³-hybridized carbons (Fsp3) is 0.667. The molecule has 0 aromatic heterocycles. The Balaban J connectivity index is 0. The van der Waals surface area contributed by atoms with Crippen molar-refractivity contribution in [2.24, 2.45) is 0 Å². The monoisotopic (exact) mass is 276 g/mol. The minimum atomic E-state index is -4.64. The third-order valence-corrected chi connectivity index (χ3v) is 2.38. The van der Waals surface area contributed by atoms with E-state index in [-0.39, 0.29) is 8.82 Å². The van der Waals surface area contributed by atoms with Crippen molar-refractivity contribution in [1.82, 2.24) is 0 Å². The van der Waals surface area contributed by atoms with E-state index in [1.54, 1.807) is 0 Å². The number of carbonyl (C=O) groups is 1. The van der Waals surface area contributed by atoms with Crippen molar-refractivity contribution in [2.75, 3.05) is 0 Å². The first-order valence-electron chi connectivity index (χ1n) is 5.15. The molecule has 1 atom stereocenters. The molecule has 0 rings (SSSR count). The molecule has 0 amide bonds. The molecule has 0 aromatic rings. The summed E-state index contributed by atoms with van der Waals surface area (Å²) in [4.78, 5) is 32.4. The van der Waals surface area contributed by atoms with Gasteiger partial charge in [0, 0.05) is 0 Å². The van der Waals surface area contributed by atoms with Crippen molar-refractivity contribution in [3.63, 3.8) is 0 Å². The fourth-order valence-electron chi connectivity index (χ4n) is 0.968. The van der Waals surface area contributed by atoms with E-state index in [1.165, 1.54) is 6.08 Å². The number of phosphoric acid groups is 1. The van der Waals surface area contributed by atoms with Crippen LogP contribution in [0.25, 0.3) is 0 Å². The third-order valence-electron chi connectivity index (χ3n) is 1.68. The summed E-state index contributed by atoms with van der Waals surface area (Å²) in [6, 6.07) is 0. The summed E-state index contributed by atoms with van der Waals surface area (Å²) >= 11 is 0.874. The maximum Gasteiger partial charge on any atom is 0.466 e. The minimum absolute atomic E-state index is 0.207. The molecular formula is C9H18NaO6P. The average molecular weight is 276 g/mol. The first-order valence-corrected chi connectivity index (χ1v) is 7.72. The zero-order valence-corrected chi connectivity index (χ0v) is 13.3. The quantitative estimate of drug-likeness (QED) is 0.298.